The number of rotatable bonds is 0. The van der Waals surface area contributed by atoms with Gasteiger partial charge in [-0.2, -0.15) is 0 Å². The molecule has 1 aliphatic carbocycles. The number of benzene rings is 1. The van der Waals surface area contributed by atoms with Crippen LogP contribution in [0, 0.1) is 6.07 Å². The standard InChI is InChI=1S/C12H8N/c1-3-7-11-9(5-1)10-6-2-4-8-12(10)13-11/h1-5,8H,6H2. The lowest BCUT2D eigenvalue weighted by molar-refractivity contribution is 1.27. The molecule has 0 bridgehead atoms. The Labute approximate surface area is 76.4 Å². The Balaban J connectivity index is 2.46. The van der Waals surface area contributed by atoms with E-state index in [2.05, 4.69) is 35.4 Å². The summed E-state index contributed by atoms with van der Waals surface area (Å²) in [7, 11) is 0. The number of hydrogen-bond acceptors (Lipinski definition) is 1. The Bertz CT molecular complexity index is 532. The highest BCUT2D eigenvalue weighted by molar-refractivity contribution is 5.69. The molecule has 1 aliphatic heterocycles. The van der Waals surface area contributed by atoms with Crippen molar-refractivity contribution in [3.63, 3.8) is 0 Å². The van der Waals surface area contributed by atoms with Crippen molar-refractivity contribution in [2.24, 2.45) is 4.99 Å². The molecule has 2 aliphatic rings. The van der Waals surface area contributed by atoms with E-state index >= 15 is 0 Å². The summed E-state index contributed by atoms with van der Waals surface area (Å²) in [6, 6.07) is 9.19. The van der Waals surface area contributed by atoms with Gasteiger partial charge in [0, 0.05) is 11.3 Å². The van der Waals surface area contributed by atoms with Crippen molar-refractivity contribution in [2.75, 3.05) is 0 Å². The lowest BCUT2D eigenvalue weighted by Gasteiger charge is -2.03. The Morgan fingerprint density at radius 1 is 1.38 bits per heavy atom. The van der Waals surface area contributed by atoms with Crippen molar-refractivity contribution >= 4 is 5.57 Å². The van der Waals surface area contributed by atoms with Crippen LogP contribution in [-0.4, -0.2) is 0 Å². The second kappa shape index (κ2) is 2.43. The molecule has 61 valence electrons. The molecule has 0 spiro atoms. The van der Waals surface area contributed by atoms with E-state index in [4.69, 9.17) is 0 Å². The van der Waals surface area contributed by atoms with Crippen LogP contribution in [0.2, 0.25) is 0 Å². The van der Waals surface area contributed by atoms with Gasteiger partial charge in [-0.15, -0.1) is 0 Å². The third-order valence-electron chi connectivity index (χ3n) is 2.41. The summed E-state index contributed by atoms with van der Waals surface area (Å²) >= 11 is 0. The van der Waals surface area contributed by atoms with Gasteiger partial charge in [0.25, 0.3) is 0 Å². The normalized spacial score (nSPS) is 17.5. The Morgan fingerprint density at radius 2 is 2.38 bits per heavy atom. The van der Waals surface area contributed by atoms with Crippen LogP contribution in [0.4, 0.5) is 0 Å². The van der Waals surface area contributed by atoms with E-state index in [-0.39, 0.29) is 0 Å². The van der Waals surface area contributed by atoms with Crippen LogP contribution in [0.1, 0.15) is 6.42 Å². The highest BCUT2D eigenvalue weighted by Crippen LogP contribution is 2.21. The van der Waals surface area contributed by atoms with Crippen LogP contribution in [0.15, 0.2) is 47.1 Å². The highest BCUT2D eigenvalue weighted by atomic mass is 14.8. The minimum absolute atomic E-state index is 0.993. The second-order valence-corrected chi connectivity index (χ2v) is 3.21. The Kier molecular flexibility index (Phi) is 1.28. The van der Waals surface area contributed by atoms with Gasteiger partial charge in [0.1, 0.15) is 0 Å². The summed E-state index contributed by atoms with van der Waals surface area (Å²) in [6.45, 7) is 0. The van der Waals surface area contributed by atoms with Crippen molar-refractivity contribution < 1.29 is 0 Å². The zero-order valence-electron chi connectivity index (χ0n) is 7.12. The summed E-state index contributed by atoms with van der Waals surface area (Å²) in [6.07, 6.45) is 7.29. The highest BCUT2D eigenvalue weighted by Gasteiger charge is 2.12. The van der Waals surface area contributed by atoms with Gasteiger partial charge in [0.05, 0.1) is 11.1 Å². The summed E-state index contributed by atoms with van der Waals surface area (Å²) in [5.41, 5.74) is 2.45. The maximum atomic E-state index is 4.49. The van der Waals surface area contributed by atoms with E-state index in [1.54, 1.807) is 0 Å². The van der Waals surface area contributed by atoms with Gasteiger partial charge in [-0.3, -0.25) is 0 Å². The van der Waals surface area contributed by atoms with Crippen molar-refractivity contribution in [2.45, 2.75) is 6.42 Å². The lowest BCUT2D eigenvalue weighted by atomic mass is 10.0. The number of hydrogen-bond donors (Lipinski definition) is 0. The van der Waals surface area contributed by atoms with E-state index in [1.165, 1.54) is 10.8 Å². The van der Waals surface area contributed by atoms with Gasteiger partial charge in [0.15, 0.2) is 0 Å². The molecule has 0 amide bonds. The molecule has 0 N–H and O–H groups in total. The Morgan fingerprint density at radius 3 is 3.38 bits per heavy atom. The largest absolute Gasteiger partial charge is 0.247 e. The zero-order valence-corrected chi connectivity index (χ0v) is 7.12. The molecular formula is C12H8N. The fourth-order valence-corrected chi connectivity index (χ4v) is 1.79. The minimum atomic E-state index is 0.993. The maximum Gasteiger partial charge on any atom is 0.0792 e. The number of allylic oxidation sites excluding steroid dienone is 4. The van der Waals surface area contributed by atoms with Crippen LogP contribution in [0.25, 0.3) is 5.57 Å². The maximum absolute atomic E-state index is 4.49. The van der Waals surface area contributed by atoms with Crippen LogP contribution in [0.5, 0.6) is 0 Å². The fraction of sp³-hybridized carbons (Fsp3) is 0.0833. The van der Waals surface area contributed by atoms with E-state index in [1.807, 2.05) is 12.1 Å². The van der Waals surface area contributed by atoms with Crippen molar-refractivity contribution in [3.05, 3.63) is 58.8 Å². The lowest BCUT2D eigenvalue weighted by Crippen LogP contribution is -2.22. The van der Waals surface area contributed by atoms with Gasteiger partial charge in [-0.05, 0) is 18.1 Å². The van der Waals surface area contributed by atoms with Crippen LogP contribution in [-0.2, 0) is 0 Å². The SMILES string of the molecule is [c]1cccc2c1=NC1=CC=CCC=21. The summed E-state index contributed by atoms with van der Waals surface area (Å²) in [5.74, 6) is 0. The monoisotopic (exact) mass is 166 g/mol. The van der Waals surface area contributed by atoms with E-state index < -0.39 is 0 Å². The quantitative estimate of drug-likeness (QED) is 0.547. The first-order valence-corrected chi connectivity index (χ1v) is 4.41. The first-order chi connectivity index (χ1) is 6.45. The molecule has 1 nitrogen and oxygen atoms in total. The molecule has 0 aromatic heterocycles. The van der Waals surface area contributed by atoms with Crippen molar-refractivity contribution in [3.8, 4) is 0 Å². The predicted octanol–water partition coefficient (Wildman–Crippen LogP) is 1.11. The fourth-order valence-electron chi connectivity index (χ4n) is 1.79. The van der Waals surface area contributed by atoms with Crippen molar-refractivity contribution in [1.82, 2.24) is 0 Å². The summed E-state index contributed by atoms with van der Waals surface area (Å²) in [4.78, 5) is 4.49. The smallest absolute Gasteiger partial charge is 0.0792 e. The van der Waals surface area contributed by atoms with Crippen LogP contribution >= 0.6 is 0 Å². The first-order valence-electron chi connectivity index (χ1n) is 4.41. The molecule has 0 saturated carbocycles. The first kappa shape index (κ1) is 6.84. The predicted molar refractivity (Wildman–Crippen MR) is 51.3 cm³/mol. The van der Waals surface area contributed by atoms with Gasteiger partial charge in [-0.25, -0.2) is 4.99 Å². The third-order valence-corrected chi connectivity index (χ3v) is 2.41. The third kappa shape index (κ3) is 0.903. The van der Waals surface area contributed by atoms with E-state index in [9.17, 15) is 0 Å². The van der Waals surface area contributed by atoms with Gasteiger partial charge in [0.2, 0.25) is 0 Å². The van der Waals surface area contributed by atoms with Gasteiger partial charge < -0.3 is 0 Å². The molecule has 0 fully saturated rings. The Hall–Kier alpha value is -1.63. The zero-order chi connectivity index (χ0) is 8.67. The molecule has 1 aromatic rings. The van der Waals surface area contributed by atoms with Gasteiger partial charge in [-0.1, -0.05) is 30.4 Å². The molecule has 13 heavy (non-hydrogen) atoms. The number of nitrogens with zero attached hydrogens (tertiary/aromatic N) is 1. The van der Waals surface area contributed by atoms with E-state index in [0.29, 0.717) is 0 Å². The second-order valence-electron chi connectivity index (χ2n) is 3.21. The summed E-state index contributed by atoms with van der Waals surface area (Å²) in [5, 5.41) is 2.24. The minimum Gasteiger partial charge on any atom is -0.247 e. The van der Waals surface area contributed by atoms with E-state index in [0.717, 1.165) is 17.5 Å². The van der Waals surface area contributed by atoms with Crippen LogP contribution < -0.4 is 10.6 Å². The topological polar surface area (TPSA) is 12.4 Å². The van der Waals surface area contributed by atoms with Crippen LogP contribution in [0.3, 0.4) is 0 Å². The molecular weight excluding hydrogens is 158 g/mol. The molecule has 0 unspecified atom stereocenters. The molecule has 3 rings (SSSR count). The molecule has 1 radical (unpaired) electrons. The summed E-state index contributed by atoms with van der Waals surface area (Å²) < 4.78 is 0. The average Bonchev–Trinajstić information content (AvgIpc) is 2.56. The molecule has 1 heteroatoms. The molecule has 0 atom stereocenters. The van der Waals surface area contributed by atoms with Gasteiger partial charge >= 0.3 is 0 Å². The number of fused-ring (bicyclic) bond motifs is 2. The molecule has 0 saturated heterocycles. The number of para-hydroxylation sites is 1. The molecule has 1 aromatic carbocycles. The van der Waals surface area contributed by atoms with Crippen molar-refractivity contribution in [1.29, 1.82) is 0 Å². The average molecular weight is 166 g/mol. The molecule has 1 heterocycles.